The molecule has 0 saturated heterocycles. The highest BCUT2D eigenvalue weighted by Crippen LogP contribution is 2.19. The Kier molecular flexibility index (Phi) is 7.83. The highest BCUT2D eigenvalue weighted by atomic mass is 35.5. The number of hydrogen-bond acceptors (Lipinski definition) is 6. The van der Waals surface area contributed by atoms with E-state index in [2.05, 4.69) is 34.3 Å². The summed E-state index contributed by atoms with van der Waals surface area (Å²) in [6.45, 7) is 9.27. The van der Waals surface area contributed by atoms with Crippen molar-refractivity contribution in [2.45, 2.75) is 27.2 Å². The predicted octanol–water partition coefficient (Wildman–Crippen LogP) is 1.93. The van der Waals surface area contributed by atoms with Gasteiger partial charge in [-0.3, -0.25) is 9.78 Å². The first-order chi connectivity index (χ1) is 13.4. The molecule has 1 aromatic carbocycles. The quantitative estimate of drug-likeness (QED) is 0.335. The summed E-state index contributed by atoms with van der Waals surface area (Å²) in [7, 11) is 0. The lowest BCUT2D eigenvalue weighted by molar-refractivity contribution is 0.303. The van der Waals surface area contributed by atoms with Crippen LogP contribution in [0.5, 0.6) is 5.88 Å². The van der Waals surface area contributed by atoms with Gasteiger partial charge in [-0.2, -0.15) is 5.10 Å². The molecule has 8 nitrogen and oxygen atoms in total. The van der Waals surface area contributed by atoms with Gasteiger partial charge in [0.1, 0.15) is 5.56 Å². The molecule has 0 spiro atoms. The van der Waals surface area contributed by atoms with Crippen LogP contribution in [0.1, 0.15) is 32.8 Å². The van der Waals surface area contributed by atoms with Gasteiger partial charge in [-0.1, -0.05) is 32.4 Å². The van der Waals surface area contributed by atoms with Crippen LogP contribution < -0.4 is 16.7 Å². The van der Waals surface area contributed by atoms with E-state index in [1.165, 1.54) is 0 Å². The molecule has 2 rings (SSSR count). The van der Waals surface area contributed by atoms with Gasteiger partial charge in [0.15, 0.2) is 0 Å². The number of aromatic nitrogens is 2. The Balaban J connectivity index is 2.39. The second-order valence-corrected chi connectivity index (χ2v) is 6.55. The molecule has 1 aromatic heterocycles. The van der Waals surface area contributed by atoms with Crippen molar-refractivity contribution >= 4 is 17.3 Å². The van der Waals surface area contributed by atoms with Gasteiger partial charge in [0.25, 0.3) is 5.56 Å². The number of H-pyrrole nitrogens is 1. The monoisotopic (exact) mass is 407 g/mol. The van der Waals surface area contributed by atoms with Crippen molar-refractivity contribution in [3.8, 4) is 11.6 Å². The second-order valence-electron chi connectivity index (χ2n) is 6.12. The van der Waals surface area contributed by atoms with Crippen LogP contribution in [0.25, 0.3) is 5.69 Å². The van der Waals surface area contributed by atoms with Crippen molar-refractivity contribution in [1.29, 1.82) is 0 Å². The molecule has 0 saturated carbocycles. The fourth-order valence-electron chi connectivity index (χ4n) is 2.83. The third kappa shape index (κ3) is 5.02. The third-order valence-corrected chi connectivity index (χ3v) is 4.69. The van der Waals surface area contributed by atoms with Crippen molar-refractivity contribution in [1.82, 2.24) is 19.9 Å². The zero-order chi connectivity index (χ0) is 20.7. The van der Waals surface area contributed by atoms with E-state index in [0.29, 0.717) is 29.4 Å². The highest BCUT2D eigenvalue weighted by Gasteiger charge is 2.19. The summed E-state index contributed by atoms with van der Waals surface area (Å²) >= 11 is 5.88. The Morgan fingerprint density at radius 3 is 2.43 bits per heavy atom. The SMILES string of the molecule is CCC(=NNCCN(CC)CC)c1c(O)n(-c2ccc(Cl)cc2)c(=O)[nH]c1=O. The Labute approximate surface area is 168 Å². The average Bonchev–Trinajstić information content (AvgIpc) is 2.67. The van der Waals surface area contributed by atoms with Crippen LogP contribution >= 0.6 is 11.6 Å². The molecule has 0 amide bonds. The third-order valence-electron chi connectivity index (χ3n) is 4.44. The van der Waals surface area contributed by atoms with Gasteiger partial charge >= 0.3 is 5.69 Å². The molecule has 0 aliphatic rings. The lowest BCUT2D eigenvalue weighted by Gasteiger charge is -2.17. The number of hydrazone groups is 1. The van der Waals surface area contributed by atoms with Crippen molar-refractivity contribution in [3.63, 3.8) is 0 Å². The molecule has 0 aliphatic carbocycles. The minimum atomic E-state index is -0.737. The van der Waals surface area contributed by atoms with Gasteiger partial charge in [0.2, 0.25) is 5.88 Å². The van der Waals surface area contributed by atoms with Gasteiger partial charge in [-0.15, -0.1) is 0 Å². The summed E-state index contributed by atoms with van der Waals surface area (Å²) in [6.07, 6.45) is 0.397. The molecule has 0 unspecified atom stereocenters. The Morgan fingerprint density at radius 1 is 1.21 bits per heavy atom. The summed E-state index contributed by atoms with van der Waals surface area (Å²) in [5.74, 6) is -0.456. The predicted molar refractivity (Wildman–Crippen MR) is 112 cm³/mol. The van der Waals surface area contributed by atoms with E-state index in [0.717, 1.165) is 24.2 Å². The largest absolute Gasteiger partial charge is 0.493 e. The summed E-state index contributed by atoms with van der Waals surface area (Å²) < 4.78 is 1.02. The summed E-state index contributed by atoms with van der Waals surface area (Å²) in [5.41, 5.74) is 2.24. The molecule has 3 N–H and O–H groups in total. The number of nitrogens with one attached hydrogen (secondary N) is 2. The minimum absolute atomic E-state index is 0.0348. The number of aromatic hydroxyl groups is 1. The lowest BCUT2D eigenvalue weighted by Crippen LogP contribution is -2.34. The molecule has 2 aromatic rings. The van der Waals surface area contributed by atoms with Crippen molar-refractivity contribution in [3.05, 3.63) is 55.7 Å². The van der Waals surface area contributed by atoms with Crippen LogP contribution in [0.3, 0.4) is 0 Å². The Morgan fingerprint density at radius 2 is 1.86 bits per heavy atom. The molecule has 0 aliphatic heterocycles. The van der Waals surface area contributed by atoms with E-state index in [1.807, 2.05) is 6.92 Å². The number of benzene rings is 1. The molecule has 9 heteroatoms. The van der Waals surface area contributed by atoms with Gasteiger partial charge in [0, 0.05) is 18.1 Å². The van der Waals surface area contributed by atoms with Crippen LogP contribution in [0.4, 0.5) is 0 Å². The zero-order valence-electron chi connectivity index (χ0n) is 16.3. The first kappa shape index (κ1) is 21.7. The number of halogens is 1. The molecule has 28 heavy (non-hydrogen) atoms. The van der Waals surface area contributed by atoms with Crippen LogP contribution in [0.2, 0.25) is 5.02 Å². The minimum Gasteiger partial charge on any atom is -0.493 e. The van der Waals surface area contributed by atoms with Crippen molar-refractivity contribution in [2.24, 2.45) is 5.10 Å². The standard InChI is InChI=1S/C19H26ClN5O3/c1-4-15(23-21-11-12-24(5-2)6-3)16-17(26)22-19(28)25(18(16)27)14-9-7-13(20)8-10-14/h7-10,21,27H,4-6,11-12H2,1-3H3,(H,22,26,28). The summed E-state index contributed by atoms with van der Waals surface area (Å²) in [6, 6.07) is 6.35. The molecule has 0 atom stereocenters. The fourth-order valence-corrected chi connectivity index (χ4v) is 2.95. The zero-order valence-corrected chi connectivity index (χ0v) is 17.1. The van der Waals surface area contributed by atoms with Gasteiger partial charge < -0.3 is 15.4 Å². The molecular weight excluding hydrogens is 382 g/mol. The maximum atomic E-state index is 12.4. The maximum absolute atomic E-state index is 12.4. The molecular formula is C19H26ClN5O3. The van der Waals surface area contributed by atoms with E-state index in [4.69, 9.17) is 11.6 Å². The number of nitrogens with zero attached hydrogens (tertiary/aromatic N) is 3. The number of rotatable bonds is 9. The van der Waals surface area contributed by atoms with E-state index in [9.17, 15) is 14.7 Å². The van der Waals surface area contributed by atoms with E-state index in [1.54, 1.807) is 24.3 Å². The van der Waals surface area contributed by atoms with Crippen molar-refractivity contribution < 1.29 is 5.11 Å². The average molecular weight is 408 g/mol. The van der Waals surface area contributed by atoms with Crippen LogP contribution in [-0.2, 0) is 0 Å². The van der Waals surface area contributed by atoms with Crippen molar-refractivity contribution in [2.75, 3.05) is 26.2 Å². The normalized spacial score (nSPS) is 11.8. The first-order valence-electron chi connectivity index (χ1n) is 9.29. The van der Waals surface area contributed by atoms with Crippen LogP contribution in [0.15, 0.2) is 39.0 Å². The van der Waals surface area contributed by atoms with E-state index < -0.39 is 17.1 Å². The maximum Gasteiger partial charge on any atom is 0.335 e. The number of hydrogen-bond donors (Lipinski definition) is 3. The van der Waals surface area contributed by atoms with E-state index >= 15 is 0 Å². The molecule has 0 fully saturated rings. The second kappa shape index (κ2) is 10.1. The first-order valence-corrected chi connectivity index (χ1v) is 9.67. The summed E-state index contributed by atoms with van der Waals surface area (Å²) in [4.78, 5) is 29.1. The topological polar surface area (TPSA) is 103 Å². The molecule has 152 valence electrons. The Bertz CT molecular complexity index is 930. The van der Waals surface area contributed by atoms with E-state index in [-0.39, 0.29) is 5.56 Å². The van der Waals surface area contributed by atoms with Gasteiger partial charge in [-0.05, 0) is 43.8 Å². The Hall–Kier alpha value is -2.58. The summed E-state index contributed by atoms with van der Waals surface area (Å²) in [5, 5.41) is 15.5. The van der Waals surface area contributed by atoms with Crippen LogP contribution in [-0.4, -0.2) is 51.4 Å². The molecule has 0 bridgehead atoms. The lowest BCUT2D eigenvalue weighted by atomic mass is 10.1. The molecule has 1 heterocycles. The van der Waals surface area contributed by atoms with Gasteiger partial charge in [0.05, 0.1) is 11.4 Å². The van der Waals surface area contributed by atoms with Gasteiger partial charge in [-0.25, -0.2) is 9.36 Å². The molecule has 0 radical (unpaired) electrons. The highest BCUT2D eigenvalue weighted by molar-refractivity contribution is 6.30. The number of likely N-dealkylation sites (N-methyl/N-ethyl adjacent to an activating group) is 1. The van der Waals surface area contributed by atoms with Crippen LogP contribution in [0, 0.1) is 0 Å². The number of aromatic amines is 1. The smallest absolute Gasteiger partial charge is 0.335 e. The fraction of sp³-hybridized carbons (Fsp3) is 0.421.